The smallest absolute Gasteiger partial charge is 0.306 e. The summed E-state index contributed by atoms with van der Waals surface area (Å²) in [7, 11) is 0. The van der Waals surface area contributed by atoms with Gasteiger partial charge in [0.1, 0.15) is 6.29 Å². The average Bonchev–Trinajstić information content (AvgIpc) is 3.23. The molecule has 0 spiro atoms. The Morgan fingerprint density at radius 3 is 2.28 bits per heavy atom. The number of aryl methyl sites for hydroxylation is 1. The van der Waals surface area contributed by atoms with E-state index in [1.54, 1.807) is 19.9 Å². The second-order valence-corrected chi connectivity index (χ2v) is 14.7. The molecule has 0 radical (unpaired) electrons. The van der Waals surface area contributed by atoms with E-state index >= 15 is 0 Å². The van der Waals surface area contributed by atoms with Crippen molar-refractivity contribution in [2.75, 3.05) is 12.3 Å². The van der Waals surface area contributed by atoms with Gasteiger partial charge in [-0.15, -0.1) is 11.6 Å². The molecule has 1 aromatic carbocycles. The Balaban J connectivity index is 0.000000523. The molecule has 9 nitrogen and oxygen atoms in total. The predicted octanol–water partition coefficient (Wildman–Crippen LogP) is 5.17. The van der Waals surface area contributed by atoms with E-state index in [0.29, 0.717) is 25.5 Å². The highest BCUT2D eigenvalue weighted by Crippen LogP contribution is 2.70. The van der Waals surface area contributed by atoms with Gasteiger partial charge in [0.15, 0.2) is 18.0 Å². The van der Waals surface area contributed by atoms with Crippen LogP contribution in [-0.2, 0) is 33.4 Å². The fourth-order valence-electron chi connectivity index (χ4n) is 9.20. The van der Waals surface area contributed by atoms with Gasteiger partial charge in [0.2, 0.25) is 5.78 Å². The summed E-state index contributed by atoms with van der Waals surface area (Å²) >= 11 is 7.06. The number of fused-ring (bicyclic) bond motifs is 5. The minimum Gasteiger partial charge on any atom is -0.457 e. The maximum Gasteiger partial charge on any atom is 0.306 e. The standard InChI is InChI=1S/C29H39ClO8.C7H9N/c1-6-23(35)37-14-22(34)29(38-24(36)7-2)15(3)8-18-25-19(30)9-17-10-20(32)16(13-31)11-27(17,4)26(25)21(33)12-28(18,29)5;1-6-2-4-7(8)5-3-6/h10,13,15-16,18-19,21,25-26,33H,6-9,11-12,14H2,1-5H3;2-5H,8H2,1H3/t15-,16?,18+,19-,21+,25-,26+,27+,28+,29+;/m1./s1. The van der Waals surface area contributed by atoms with Gasteiger partial charge < -0.3 is 25.1 Å². The number of esters is 2. The molecule has 5 rings (SSSR count). The van der Waals surface area contributed by atoms with Crippen molar-refractivity contribution >= 4 is 47.1 Å². The van der Waals surface area contributed by atoms with Crippen LogP contribution in [0.25, 0.3) is 0 Å². The Morgan fingerprint density at radius 2 is 1.72 bits per heavy atom. The lowest BCUT2D eigenvalue weighted by atomic mass is 9.44. The Labute approximate surface area is 276 Å². The van der Waals surface area contributed by atoms with Crippen LogP contribution < -0.4 is 5.73 Å². The van der Waals surface area contributed by atoms with Crippen molar-refractivity contribution in [3.05, 3.63) is 41.5 Å². The third-order valence-corrected chi connectivity index (χ3v) is 11.8. The van der Waals surface area contributed by atoms with Gasteiger partial charge in [0, 0.05) is 35.2 Å². The van der Waals surface area contributed by atoms with Crippen LogP contribution >= 0.6 is 11.6 Å². The largest absolute Gasteiger partial charge is 0.457 e. The van der Waals surface area contributed by atoms with Crippen LogP contribution in [0.4, 0.5) is 5.69 Å². The zero-order chi connectivity index (χ0) is 34.2. The van der Waals surface area contributed by atoms with Crippen LogP contribution in [0.5, 0.6) is 0 Å². The quantitative estimate of drug-likeness (QED) is 0.133. The van der Waals surface area contributed by atoms with E-state index in [1.807, 2.05) is 52.0 Å². The number of Topliss-reactive ketones (excluding diaryl/α,β-unsaturated/α-hetero) is 1. The lowest BCUT2D eigenvalue weighted by Crippen LogP contribution is -2.66. The van der Waals surface area contributed by atoms with E-state index in [2.05, 4.69) is 0 Å². The lowest BCUT2D eigenvalue weighted by molar-refractivity contribution is -0.207. The van der Waals surface area contributed by atoms with E-state index < -0.39 is 64.1 Å². The average molecular weight is 658 g/mol. The molecule has 0 aliphatic heterocycles. The fourth-order valence-corrected chi connectivity index (χ4v) is 9.70. The molecule has 0 saturated heterocycles. The summed E-state index contributed by atoms with van der Waals surface area (Å²) in [4.78, 5) is 62.8. The molecule has 3 saturated carbocycles. The highest BCUT2D eigenvalue weighted by molar-refractivity contribution is 6.21. The molecule has 0 bridgehead atoms. The van der Waals surface area contributed by atoms with Crippen LogP contribution in [0.1, 0.15) is 78.7 Å². The first-order valence-corrected chi connectivity index (χ1v) is 16.8. The summed E-state index contributed by atoms with van der Waals surface area (Å²) in [5, 5.41) is 11.4. The number of hydrogen-bond acceptors (Lipinski definition) is 9. The van der Waals surface area contributed by atoms with Crippen molar-refractivity contribution in [1.29, 1.82) is 0 Å². The maximum atomic E-state index is 13.9. The number of nitrogen functional groups attached to an aromatic ring is 1. The first kappa shape index (κ1) is 35.8. The number of aldehydes is 1. The summed E-state index contributed by atoms with van der Waals surface area (Å²) in [6.07, 6.45) is 2.93. The van der Waals surface area contributed by atoms with Gasteiger partial charge in [-0.25, -0.2) is 0 Å². The summed E-state index contributed by atoms with van der Waals surface area (Å²) in [5.41, 5.74) is 5.21. The SMILES string of the molecule is CCC(=O)OCC(=O)[C@@]1(OC(=O)CC)[C@H](C)C[C@H]2[C@H]3[C@H]([C@@H](O)C[C@@]21C)[C@@]1(C)CC(C=O)C(=O)C=C1C[C@H]3Cl.Cc1ccc(N)cc1. The zero-order valence-electron chi connectivity index (χ0n) is 27.7. The van der Waals surface area contributed by atoms with E-state index in [4.69, 9.17) is 26.8 Å². The highest BCUT2D eigenvalue weighted by Gasteiger charge is 2.74. The van der Waals surface area contributed by atoms with Gasteiger partial charge in [-0.05, 0) is 74.0 Å². The number of nitrogens with two attached hydrogens (primary N) is 1. The summed E-state index contributed by atoms with van der Waals surface area (Å²) in [6, 6.07) is 7.79. The molecule has 10 atom stereocenters. The van der Waals surface area contributed by atoms with Crippen molar-refractivity contribution in [2.24, 2.45) is 40.4 Å². The molecule has 4 aliphatic carbocycles. The Bertz CT molecular complexity index is 1370. The first-order chi connectivity index (χ1) is 21.6. The van der Waals surface area contributed by atoms with E-state index in [0.717, 1.165) is 11.3 Å². The summed E-state index contributed by atoms with van der Waals surface area (Å²) in [6.45, 7) is 10.6. The van der Waals surface area contributed by atoms with Gasteiger partial charge in [-0.1, -0.05) is 57.9 Å². The molecule has 0 amide bonds. The van der Waals surface area contributed by atoms with E-state index in [9.17, 15) is 29.1 Å². The molecule has 3 fully saturated rings. The van der Waals surface area contributed by atoms with Crippen molar-refractivity contribution in [3.8, 4) is 0 Å². The molecule has 46 heavy (non-hydrogen) atoms. The summed E-state index contributed by atoms with van der Waals surface area (Å²) in [5.74, 6) is -3.71. The zero-order valence-corrected chi connectivity index (χ0v) is 28.5. The van der Waals surface area contributed by atoms with Gasteiger partial charge in [-0.3, -0.25) is 19.2 Å². The Kier molecular flexibility index (Phi) is 10.6. The Hall–Kier alpha value is -3.04. The molecular formula is C36H48ClNO8. The normalized spacial score (nSPS) is 37.7. The van der Waals surface area contributed by atoms with Gasteiger partial charge in [-0.2, -0.15) is 0 Å². The number of alkyl halides is 1. The topological polar surface area (TPSA) is 150 Å². The van der Waals surface area contributed by atoms with Crippen molar-refractivity contribution < 1.29 is 38.6 Å². The van der Waals surface area contributed by atoms with Crippen molar-refractivity contribution in [1.82, 2.24) is 0 Å². The number of ketones is 2. The van der Waals surface area contributed by atoms with Crippen LogP contribution in [0.15, 0.2) is 35.9 Å². The number of aliphatic hydroxyl groups is 1. The number of anilines is 1. The highest BCUT2D eigenvalue weighted by atomic mass is 35.5. The molecule has 252 valence electrons. The van der Waals surface area contributed by atoms with E-state index in [-0.39, 0.29) is 42.8 Å². The number of halogens is 1. The van der Waals surface area contributed by atoms with Gasteiger partial charge in [0.05, 0.1) is 12.0 Å². The fraction of sp³-hybridized carbons (Fsp3) is 0.639. The minimum atomic E-state index is -1.59. The van der Waals surface area contributed by atoms with Crippen molar-refractivity contribution in [3.63, 3.8) is 0 Å². The number of allylic oxidation sites excluding steroid dienone is 1. The molecule has 3 N–H and O–H groups in total. The Morgan fingerprint density at radius 1 is 1.09 bits per heavy atom. The monoisotopic (exact) mass is 657 g/mol. The molecule has 1 aromatic rings. The van der Waals surface area contributed by atoms with E-state index in [1.165, 1.54) is 5.56 Å². The predicted molar refractivity (Wildman–Crippen MR) is 174 cm³/mol. The van der Waals surface area contributed by atoms with Gasteiger partial charge >= 0.3 is 11.9 Å². The van der Waals surface area contributed by atoms with Crippen LogP contribution in [0.2, 0.25) is 0 Å². The molecule has 0 heterocycles. The lowest BCUT2D eigenvalue weighted by Gasteiger charge is -2.62. The minimum absolute atomic E-state index is 0.0668. The number of carbonyl (C=O) groups excluding carboxylic acids is 5. The summed E-state index contributed by atoms with van der Waals surface area (Å²) < 4.78 is 11.3. The van der Waals surface area contributed by atoms with Crippen LogP contribution in [-0.4, -0.2) is 58.6 Å². The molecule has 1 unspecified atom stereocenters. The van der Waals surface area contributed by atoms with Crippen LogP contribution in [0, 0.1) is 47.3 Å². The molecule has 10 heteroatoms. The third kappa shape index (κ3) is 6.05. The molecular weight excluding hydrogens is 610 g/mol. The maximum absolute atomic E-state index is 13.9. The van der Waals surface area contributed by atoms with Crippen LogP contribution in [0.3, 0.4) is 0 Å². The van der Waals surface area contributed by atoms with Crippen molar-refractivity contribution in [2.45, 2.75) is 97.1 Å². The first-order valence-electron chi connectivity index (χ1n) is 16.3. The second-order valence-electron chi connectivity index (χ2n) is 14.1. The number of ether oxygens (including phenoxy) is 2. The van der Waals surface area contributed by atoms with Gasteiger partial charge in [0.25, 0.3) is 0 Å². The number of benzene rings is 1. The second kappa shape index (κ2) is 13.6. The number of aliphatic hydroxyl groups excluding tert-OH is 1. The number of hydrogen-bond donors (Lipinski definition) is 2. The molecule has 4 aliphatic rings. The number of rotatable bonds is 7. The number of carbonyl (C=O) groups is 5. The molecule has 0 aromatic heterocycles. The third-order valence-electron chi connectivity index (χ3n) is 11.4.